The lowest BCUT2D eigenvalue weighted by molar-refractivity contribution is -0.137. The van der Waals surface area contributed by atoms with Gasteiger partial charge in [-0.1, -0.05) is 6.07 Å². The van der Waals surface area contributed by atoms with Crippen molar-refractivity contribution in [2.75, 3.05) is 18.0 Å². The second kappa shape index (κ2) is 6.90. The van der Waals surface area contributed by atoms with Crippen molar-refractivity contribution in [1.29, 1.82) is 0 Å². The molecule has 0 radical (unpaired) electrons. The standard InChI is InChI=1S/C19H22F3N3O2/c1-18(2,3)27-17(26)23-14-8-9-25(11-14)16-7-5-12-4-6-13(19(20,21)22)10-15(12)24-16/h4-7,10,14H,8-9,11H2,1-3H3,(H,23,26)/t14-/m1/s1. The molecule has 0 aliphatic carbocycles. The molecule has 1 saturated heterocycles. The van der Waals surface area contributed by atoms with Crippen molar-refractivity contribution in [2.24, 2.45) is 0 Å². The number of hydrogen-bond donors (Lipinski definition) is 1. The van der Waals surface area contributed by atoms with Gasteiger partial charge in [-0.3, -0.25) is 0 Å². The summed E-state index contributed by atoms with van der Waals surface area (Å²) in [4.78, 5) is 18.2. The normalized spacial score (nSPS) is 18.0. The van der Waals surface area contributed by atoms with E-state index in [2.05, 4.69) is 10.3 Å². The van der Waals surface area contributed by atoms with E-state index in [0.717, 1.165) is 12.1 Å². The Hall–Kier alpha value is -2.51. The summed E-state index contributed by atoms with van der Waals surface area (Å²) in [5.74, 6) is 0.593. The number of aromatic nitrogens is 1. The van der Waals surface area contributed by atoms with Crippen molar-refractivity contribution in [1.82, 2.24) is 10.3 Å². The van der Waals surface area contributed by atoms with Gasteiger partial charge in [-0.15, -0.1) is 0 Å². The van der Waals surface area contributed by atoms with Gasteiger partial charge in [-0.2, -0.15) is 13.2 Å². The molecule has 146 valence electrons. The van der Waals surface area contributed by atoms with Crippen LogP contribution in [0.15, 0.2) is 30.3 Å². The van der Waals surface area contributed by atoms with Crippen LogP contribution in [-0.4, -0.2) is 35.8 Å². The van der Waals surface area contributed by atoms with E-state index < -0.39 is 23.4 Å². The minimum atomic E-state index is -4.40. The largest absolute Gasteiger partial charge is 0.444 e. The maximum Gasteiger partial charge on any atom is 0.416 e. The van der Waals surface area contributed by atoms with Crippen LogP contribution < -0.4 is 10.2 Å². The third-order valence-corrected chi connectivity index (χ3v) is 4.24. The Morgan fingerprint density at radius 2 is 1.93 bits per heavy atom. The summed E-state index contributed by atoms with van der Waals surface area (Å²) in [6, 6.07) is 6.98. The number of hydrogen-bond acceptors (Lipinski definition) is 4. The zero-order chi connectivity index (χ0) is 19.8. The first-order valence-corrected chi connectivity index (χ1v) is 8.74. The lowest BCUT2D eigenvalue weighted by atomic mass is 10.1. The van der Waals surface area contributed by atoms with Gasteiger partial charge in [-0.05, 0) is 51.5 Å². The number of alkyl carbamates (subject to hydrolysis) is 1. The minimum Gasteiger partial charge on any atom is -0.444 e. The highest BCUT2D eigenvalue weighted by atomic mass is 19.4. The molecule has 1 aromatic heterocycles. The van der Waals surface area contributed by atoms with Crippen LogP contribution >= 0.6 is 0 Å². The predicted molar refractivity (Wildman–Crippen MR) is 96.7 cm³/mol. The molecule has 1 aliphatic rings. The lowest BCUT2D eigenvalue weighted by Crippen LogP contribution is -2.40. The van der Waals surface area contributed by atoms with Crippen LogP contribution in [0.25, 0.3) is 10.9 Å². The fourth-order valence-electron chi connectivity index (χ4n) is 3.02. The zero-order valence-electron chi connectivity index (χ0n) is 15.4. The number of rotatable bonds is 2. The molecule has 27 heavy (non-hydrogen) atoms. The third-order valence-electron chi connectivity index (χ3n) is 4.24. The summed E-state index contributed by atoms with van der Waals surface area (Å²) in [5, 5.41) is 3.47. The number of nitrogens with one attached hydrogen (secondary N) is 1. The monoisotopic (exact) mass is 381 g/mol. The first kappa shape index (κ1) is 19.3. The second-order valence-electron chi connectivity index (χ2n) is 7.65. The summed E-state index contributed by atoms with van der Waals surface area (Å²) < 4.78 is 44.0. The third kappa shape index (κ3) is 4.81. The van der Waals surface area contributed by atoms with Gasteiger partial charge in [0.05, 0.1) is 17.1 Å². The highest BCUT2D eigenvalue weighted by molar-refractivity contribution is 5.81. The summed E-state index contributed by atoms with van der Waals surface area (Å²) in [5.41, 5.74) is -0.991. The molecule has 3 rings (SSSR count). The summed E-state index contributed by atoms with van der Waals surface area (Å²) in [6.07, 6.45) is -4.17. The molecular formula is C19H22F3N3O2. The van der Waals surface area contributed by atoms with Gasteiger partial charge in [0.2, 0.25) is 0 Å². The predicted octanol–water partition coefficient (Wildman–Crippen LogP) is 4.36. The van der Waals surface area contributed by atoms with E-state index in [-0.39, 0.29) is 6.04 Å². The quantitative estimate of drug-likeness (QED) is 0.840. The van der Waals surface area contributed by atoms with Crippen LogP contribution in [0.5, 0.6) is 0 Å². The molecule has 1 amide bonds. The van der Waals surface area contributed by atoms with E-state index in [9.17, 15) is 18.0 Å². The fourth-order valence-corrected chi connectivity index (χ4v) is 3.02. The SMILES string of the molecule is CC(C)(C)OC(=O)N[C@@H]1CCN(c2ccc3ccc(C(F)(F)F)cc3n2)C1. The van der Waals surface area contributed by atoms with Crippen LogP contribution in [0.4, 0.5) is 23.8 Å². The molecule has 1 fully saturated rings. The molecule has 1 aliphatic heterocycles. The lowest BCUT2D eigenvalue weighted by Gasteiger charge is -2.22. The molecule has 0 saturated carbocycles. The summed E-state index contributed by atoms with van der Waals surface area (Å²) in [6.45, 7) is 6.56. The van der Waals surface area contributed by atoms with E-state index in [1.807, 2.05) is 4.90 Å². The topological polar surface area (TPSA) is 54.5 Å². The minimum absolute atomic E-state index is 0.0983. The molecule has 5 nitrogen and oxygen atoms in total. The molecule has 0 bridgehead atoms. The van der Waals surface area contributed by atoms with Gasteiger partial charge in [-0.25, -0.2) is 9.78 Å². The molecule has 0 unspecified atom stereocenters. The Balaban J connectivity index is 1.71. The van der Waals surface area contributed by atoms with Crippen LogP contribution in [-0.2, 0) is 10.9 Å². The number of halogens is 3. The number of amides is 1. The fraction of sp³-hybridized carbons (Fsp3) is 0.474. The molecule has 8 heteroatoms. The van der Waals surface area contributed by atoms with Gasteiger partial charge < -0.3 is 15.0 Å². The van der Waals surface area contributed by atoms with Gasteiger partial charge in [0.1, 0.15) is 11.4 Å². The Labute approximate surface area is 155 Å². The number of benzene rings is 1. The van der Waals surface area contributed by atoms with Crippen molar-refractivity contribution in [2.45, 2.75) is 45.0 Å². The van der Waals surface area contributed by atoms with E-state index >= 15 is 0 Å². The van der Waals surface area contributed by atoms with Crippen molar-refractivity contribution in [3.8, 4) is 0 Å². The number of carbonyl (C=O) groups is 1. The van der Waals surface area contributed by atoms with Gasteiger partial charge in [0.15, 0.2) is 0 Å². The number of nitrogens with zero attached hydrogens (tertiary/aromatic N) is 2. The molecule has 1 aromatic carbocycles. The van der Waals surface area contributed by atoms with Gasteiger partial charge >= 0.3 is 12.3 Å². The number of ether oxygens (including phenoxy) is 1. The molecule has 2 aromatic rings. The Morgan fingerprint density at radius 1 is 1.22 bits per heavy atom. The van der Waals surface area contributed by atoms with E-state index in [4.69, 9.17) is 4.74 Å². The van der Waals surface area contributed by atoms with Gasteiger partial charge in [0, 0.05) is 18.5 Å². The van der Waals surface area contributed by atoms with E-state index in [1.165, 1.54) is 6.07 Å². The van der Waals surface area contributed by atoms with Gasteiger partial charge in [0.25, 0.3) is 0 Å². The van der Waals surface area contributed by atoms with Crippen LogP contribution in [0, 0.1) is 0 Å². The maximum atomic E-state index is 12.9. The van der Waals surface area contributed by atoms with Crippen molar-refractivity contribution in [3.63, 3.8) is 0 Å². The number of pyridine rings is 1. The molecular weight excluding hydrogens is 359 g/mol. The van der Waals surface area contributed by atoms with Crippen molar-refractivity contribution in [3.05, 3.63) is 35.9 Å². The zero-order valence-corrected chi connectivity index (χ0v) is 15.4. The molecule has 2 heterocycles. The maximum absolute atomic E-state index is 12.9. The number of fused-ring (bicyclic) bond motifs is 1. The molecule has 1 atom stereocenters. The molecule has 0 spiro atoms. The highest BCUT2D eigenvalue weighted by Crippen LogP contribution is 2.31. The van der Waals surface area contributed by atoms with Crippen LogP contribution in [0.3, 0.4) is 0 Å². The second-order valence-corrected chi connectivity index (χ2v) is 7.65. The summed E-state index contributed by atoms with van der Waals surface area (Å²) >= 11 is 0. The highest BCUT2D eigenvalue weighted by Gasteiger charge is 2.31. The first-order chi connectivity index (χ1) is 12.5. The Kier molecular flexibility index (Phi) is 4.92. The Morgan fingerprint density at radius 3 is 2.59 bits per heavy atom. The smallest absolute Gasteiger partial charge is 0.416 e. The average molecular weight is 381 g/mol. The van der Waals surface area contributed by atoms with Crippen LogP contribution in [0.1, 0.15) is 32.8 Å². The van der Waals surface area contributed by atoms with E-state index in [1.54, 1.807) is 32.9 Å². The number of alkyl halides is 3. The number of anilines is 1. The first-order valence-electron chi connectivity index (χ1n) is 8.74. The average Bonchev–Trinajstić information content (AvgIpc) is 2.99. The van der Waals surface area contributed by atoms with Crippen molar-refractivity contribution < 1.29 is 22.7 Å². The number of carbonyl (C=O) groups excluding carboxylic acids is 1. The van der Waals surface area contributed by atoms with E-state index in [0.29, 0.717) is 36.2 Å². The summed E-state index contributed by atoms with van der Waals surface area (Å²) in [7, 11) is 0. The molecule has 1 N–H and O–H groups in total. The Bertz CT molecular complexity index is 846. The van der Waals surface area contributed by atoms with Crippen LogP contribution in [0.2, 0.25) is 0 Å². The van der Waals surface area contributed by atoms with Crippen molar-refractivity contribution >= 4 is 22.8 Å².